The summed E-state index contributed by atoms with van der Waals surface area (Å²) in [5.74, 6) is -0.0392. The molecule has 1 amide bonds. The molecule has 0 atom stereocenters. The van der Waals surface area contributed by atoms with Crippen molar-refractivity contribution >= 4 is 17.3 Å². The Labute approximate surface area is 132 Å². The molecule has 1 heterocycles. The van der Waals surface area contributed by atoms with Crippen LogP contribution in [-0.4, -0.2) is 49.1 Å². The third-order valence-electron chi connectivity index (χ3n) is 4.60. The van der Waals surface area contributed by atoms with Crippen LogP contribution in [0.4, 0.5) is 11.4 Å². The number of anilines is 2. The van der Waals surface area contributed by atoms with E-state index >= 15 is 0 Å². The summed E-state index contributed by atoms with van der Waals surface area (Å²) in [7, 11) is 0. The first-order valence-corrected chi connectivity index (χ1v) is 8.24. The molecule has 1 saturated carbocycles. The largest absolute Gasteiger partial charge is 0.398 e. The average molecular weight is 302 g/mol. The second-order valence-corrected chi connectivity index (χ2v) is 6.64. The predicted octanol–water partition coefficient (Wildman–Crippen LogP) is 1.69. The fourth-order valence-corrected chi connectivity index (χ4v) is 2.92. The maximum absolute atomic E-state index is 12.3. The Morgan fingerprint density at radius 1 is 1.23 bits per heavy atom. The molecule has 0 unspecified atom stereocenters. The number of nitrogen functional groups attached to an aromatic ring is 1. The number of nitrogens with one attached hydrogen (secondary N) is 1. The van der Waals surface area contributed by atoms with E-state index in [2.05, 4.69) is 29.0 Å². The molecule has 0 aromatic heterocycles. The van der Waals surface area contributed by atoms with Crippen LogP contribution in [0.1, 0.15) is 37.0 Å². The Morgan fingerprint density at radius 2 is 1.91 bits per heavy atom. The van der Waals surface area contributed by atoms with Crippen molar-refractivity contribution in [2.45, 2.75) is 38.8 Å². The van der Waals surface area contributed by atoms with E-state index in [1.807, 2.05) is 18.2 Å². The molecule has 22 heavy (non-hydrogen) atoms. The minimum atomic E-state index is -0.0392. The Balaban J connectivity index is 1.70. The molecule has 5 heteroatoms. The second-order valence-electron chi connectivity index (χ2n) is 6.64. The molecular weight excluding hydrogens is 276 g/mol. The Hall–Kier alpha value is -1.75. The van der Waals surface area contributed by atoms with Gasteiger partial charge in [0.05, 0.1) is 5.56 Å². The number of piperazine rings is 1. The number of hydrogen-bond donors (Lipinski definition) is 2. The molecule has 120 valence electrons. The lowest BCUT2D eigenvalue weighted by atomic mass is 10.1. The SMILES string of the molecule is CC(C)N1CCN(c2ccc(N)c(C(=O)NC3CC3)c2)CC1. The van der Waals surface area contributed by atoms with Crippen molar-refractivity contribution in [3.63, 3.8) is 0 Å². The van der Waals surface area contributed by atoms with Gasteiger partial charge in [0.2, 0.25) is 0 Å². The van der Waals surface area contributed by atoms with Crippen molar-refractivity contribution in [1.29, 1.82) is 0 Å². The van der Waals surface area contributed by atoms with Gasteiger partial charge in [-0.05, 0) is 44.9 Å². The molecule has 1 aliphatic carbocycles. The zero-order chi connectivity index (χ0) is 15.7. The first-order chi connectivity index (χ1) is 10.5. The van der Waals surface area contributed by atoms with Gasteiger partial charge >= 0.3 is 0 Å². The van der Waals surface area contributed by atoms with Gasteiger partial charge in [-0.25, -0.2) is 0 Å². The van der Waals surface area contributed by atoms with Gasteiger partial charge in [0.1, 0.15) is 0 Å². The fraction of sp³-hybridized carbons (Fsp3) is 0.588. The van der Waals surface area contributed by atoms with E-state index < -0.39 is 0 Å². The van der Waals surface area contributed by atoms with Gasteiger partial charge in [-0.2, -0.15) is 0 Å². The molecule has 0 radical (unpaired) electrons. The van der Waals surface area contributed by atoms with Crippen LogP contribution in [0.15, 0.2) is 18.2 Å². The van der Waals surface area contributed by atoms with Crippen molar-refractivity contribution in [1.82, 2.24) is 10.2 Å². The van der Waals surface area contributed by atoms with E-state index in [9.17, 15) is 4.79 Å². The van der Waals surface area contributed by atoms with E-state index in [1.54, 1.807) is 0 Å². The number of nitrogens with zero attached hydrogens (tertiary/aromatic N) is 2. The predicted molar refractivity (Wildman–Crippen MR) is 90.3 cm³/mol. The number of benzene rings is 1. The number of carbonyl (C=O) groups excluding carboxylic acids is 1. The number of nitrogens with two attached hydrogens (primary N) is 1. The highest BCUT2D eigenvalue weighted by Gasteiger charge is 2.25. The number of rotatable bonds is 4. The molecule has 1 aliphatic heterocycles. The molecule has 0 spiro atoms. The van der Waals surface area contributed by atoms with Gasteiger partial charge in [-0.15, -0.1) is 0 Å². The van der Waals surface area contributed by atoms with Gasteiger partial charge in [0, 0.05) is 49.6 Å². The third-order valence-corrected chi connectivity index (χ3v) is 4.60. The third kappa shape index (κ3) is 3.35. The highest BCUT2D eigenvalue weighted by atomic mass is 16.1. The molecule has 0 bridgehead atoms. The van der Waals surface area contributed by atoms with Crippen LogP contribution in [0.2, 0.25) is 0 Å². The van der Waals surface area contributed by atoms with E-state index in [4.69, 9.17) is 5.73 Å². The van der Waals surface area contributed by atoms with E-state index in [0.29, 0.717) is 23.3 Å². The Kier molecular flexibility index (Phi) is 4.25. The number of hydrogen-bond acceptors (Lipinski definition) is 4. The van der Waals surface area contributed by atoms with Crippen molar-refractivity contribution in [3.8, 4) is 0 Å². The van der Waals surface area contributed by atoms with Gasteiger partial charge in [-0.1, -0.05) is 0 Å². The number of amides is 1. The van der Waals surface area contributed by atoms with Crippen LogP contribution >= 0.6 is 0 Å². The molecule has 5 nitrogen and oxygen atoms in total. The van der Waals surface area contributed by atoms with E-state index in [0.717, 1.165) is 44.7 Å². The van der Waals surface area contributed by atoms with Crippen LogP contribution < -0.4 is 16.0 Å². The minimum Gasteiger partial charge on any atom is -0.398 e. The second kappa shape index (κ2) is 6.16. The van der Waals surface area contributed by atoms with Crippen LogP contribution in [0, 0.1) is 0 Å². The number of carbonyl (C=O) groups is 1. The summed E-state index contributed by atoms with van der Waals surface area (Å²) in [6.07, 6.45) is 2.17. The Morgan fingerprint density at radius 3 is 2.50 bits per heavy atom. The first-order valence-electron chi connectivity index (χ1n) is 8.24. The van der Waals surface area contributed by atoms with Crippen LogP contribution in [0.25, 0.3) is 0 Å². The first kappa shape index (κ1) is 15.2. The zero-order valence-electron chi connectivity index (χ0n) is 13.5. The fourth-order valence-electron chi connectivity index (χ4n) is 2.92. The summed E-state index contributed by atoms with van der Waals surface area (Å²) in [4.78, 5) is 17.1. The summed E-state index contributed by atoms with van der Waals surface area (Å²) in [6, 6.07) is 6.76. The normalized spacial score (nSPS) is 19.5. The van der Waals surface area contributed by atoms with Crippen LogP contribution in [0.3, 0.4) is 0 Å². The molecule has 2 aliphatic rings. The highest BCUT2D eigenvalue weighted by Crippen LogP contribution is 2.25. The van der Waals surface area contributed by atoms with Crippen molar-refractivity contribution in [2.75, 3.05) is 36.8 Å². The highest BCUT2D eigenvalue weighted by molar-refractivity contribution is 6.00. The smallest absolute Gasteiger partial charge is 0.253 e. The molecule has 1 saturated heterocycles. The maximum Gasteiger partial charge on any atom is 0.253 e. The summed E-state index contributed by atoms with van der Waals surface area (Å²) < 4.78 is 0. The topological polar surface area (TPSA) is 61.6 Å². The lowest BCUT2D eigenvalue weighted by molar-refractivity contribution is 0.0952. The van der Waals surface area contributed by atoms with Crippen LogP contribution in [0.5, 0.6) is 0 Å². The molecule has 2 fully saturated rings. The molecule has 3 N–H and O–H groups in total. The molecule has 1 aromatic rings. The quantitative estimate of drug-likeness (QED) is 0.831. The summed E-state index contributed by atoms with van der Waals surface area (Å²) in [5, 5.41) is 3.02. The standard InChI is InChI=1S/C17H26N4O/c1-12(2)20-7-9-21(10-8-20)14-5-6-16(18)15(11-14)17(22)19-13-3-4-13/h5-6,11-13H,3-4,7-10,18H2,1-2H3,(H,19,22). The van der Waals surface area contributed by atoms with Gasteiger partial charge < -0.3 is 16.0 Å². The Bertz CT molecular complexity index is 546. The van der Waals surface area contributed by atoms with Gasteiger partial charge in [0.15, 0.2) is 0 Å². The summed E-state index contributed by atoms with van der Waals surface area (Å²) in [5.41, 5.74) is 8.25. The molecular formula is C17H26N4O. The molecule has 3 rings (SSSR count). The lowest BCUT2D eigenvalue weighted by Gasteiger charge is -2.38. The van der Waals surface area contributed by atoms with Crippen LogP contribution in [-0.2, 0) is 0 Å². The molecule has 1 aromatic carbocycles. The van der Waals surface area contributed by atoms with Gasteiger partial charge in [0.25, 0.3) is 5.91 Å². The van der Waals surface area contributed by atoms with E-state index in [1.165, 1.54) is 0 Å². The summed E-state index contributed by atoms with van der Waals surface area (Å²) in [6.45, 7) is 8.58. The summed E-state index contributed by atoms with van der Waals surface area (Å²) >= 11 is 0. The van der Waals surface area contributed by atoms with Gasteiger partial charge in [-0.3, -0.25) is 9.69 Å². The van der Waals surface area contributed by atoms with E-state index in [-0.39, 0.29) is 5.91 Å². The zero-order valence-corrected chi connectivity index (χ0v) is 13.5. The average Bonchev–Trinajstić information content (AvgIpc) is 3.31. The maximum atomic E-state index is 12.3. The minimum absolute atomic E-state index is 0.0392. The van der Waals surface area contributed by atoms with Crippen molar-refractivity contribution in [2.24, 2.45) is 0 Å². The lowest BCUT2D eigenvalue weighted by Crippen LogP contribution is -2.49. The van der Waals surface area contributed by atoms with Crippen molar-refractivity contribution < 1.29 is 4.79 Å². The monoisotopic (exact) mass is 302 g/mol. The van der Waals surface area contributed by atoms with Crippen molar-refractivity contribution in [3.05, 3.63) is 23.8 Å².